The van der Waals surface area contributed by atoms with Crippen molar-refractivity contribution < 1.29 is 4.39 Å². The van der Waals surface area contributed by atoms with Crippen molar-refractivity contribution >= 4 is 11.3 Å². The molecular weight excluding hydrogens is 299 g/mol. The van der Waals surface area contributed by atoms with Gasteiger partial charge in [-0.2, -0.15) is 10.4 Å². The van der Waals surface area contributed by atoms with Crippen LogP contribution in [0.15, 0.2) is 29.3 Å². The molecule has 0 amide bonds. The monoisotopic (exact) mass is 316 g/mol. The minimum Gasteiger partial charge on any atom is -0.254 e. The molecule has 1 saturated carbocycles. The van der Waals surface area contributed by atoms with E-state index in [0.29, 0.717) is 18.4 Å². The van der Waals surface area contributed by atoms with Crippen LogP contribution in [0, 0.1) is 11.3 Å². The second-order valence-corrected chi connectivity index (χ2v) is 6.51. The van der Waals surface area contributed by atoms with Gasteiger partial charge in [0.25, 0.3) is 0 Å². The maximum atomic E-state index is 13.5. The highest BCUT2D eigenvalue weighted by molar-refractivity contribution is 7.12. The van der Waals surface area contributed by atoms with Crippen molar-refractivity contribution in [1.29, 1.82) is 5.26 Å². The van der Waals surface area contributed by atoms with Gasteiger partial charge in [-0.05, 0) is 31.4 Å². The Hall–Kier alpha value is -2.00. The molecule has 4 nitrogen and oxygen atoms in total. The molecule has 0 saturated heterocycles. The molecule has 1 heterocycles. The van der Waals surface area contributed by atoms with Crippen LogP contribution in [0.2, 0.25) is 0 Å². The second kappa shape index (κ2) is 6.41. The topological polar surface area (TPSA) is 54.0 Å². The zero-order chi connectivity index (χ0) is 15.5. The number of benzene rings is 1. The fourth-order valence-corrected chi connectivity index (χ4v) is 3.61. The summed E-state index contributed by atoms with van der Waals surface area (Å²) in [7, 11) is 1.86. The Balaban J connectivity index is 1.88. The van der Waals surface area contributed by atoms with E-state index in [1.807, 2.05) is 19.2 Å². The largest absolute Gasteiger partial charge is 0.254 e. The van der Waals surface area contributed by atoms with Gasteiger partial charge in [-0.15, -0.1) is 0 Å². The lowest BCUT2D eigenvalue weighted by atomic mass is 9.94. The molecular formula is C16H17FN4S. The highest BCUT2D eigenvalue weighted by atomic mass is 32.1. The van der Waals surface area contributed by atoms with Crippen LogP contribution in [0.25, 0.3) is 10.6 Å². The number of nitrogens with zero attached hydrogens (tertiary/aromatic N) is 4. The first-order valence-electron chi connectivity index (χ1n) is 7.38. The first-order valence-corrected chi connectivity index (χ1v) is 8.20. The summed E-state index contributed by atoms with van der Waals surface area (Å²) in [6, 6.07) is 9.50. The molecule has 22 heavy (non-hydrogen) atoms. The maximum absolute atomic E-state index is 13.5. The van der Waals surface area contributed by atoms with Crippen molar-refractivity contribution in [3.63, 3.8) is 0 Å². The Morgan fingerprint density at radius 2 is 2.14 bits per heavy atom. The number of nitriles is 1. The molecule has 114 valence electrons. The third-order valence-corrected chi connectivity index (χ3v) is 4.91. The van der Waals surface area contributed by atoms with E-state index >= 15 is 0 Å². The normalized spacial score (nSPS) is 22.5. The van der Waals surface area contributed by atoms with Crippen molar-refractivity contribution in [1.82, 2.24) is 9.78 Å². The minimum absolute atomic E-state index is 0.0595. The van der Waals surface area contributed by atoms with Gasteiger partial charge < -0.3 is 0 Å². The van der Waals surface area contributed by atoms with E-state index in [0.717, 1.165) is 28.2 Å². The van der Waals surface area contributed by atoms with E-state index in [-0.39, 0.29) is 6.04 Å². The second-order valence-electron chi connectivity index (χ2n) is 5.55. The predicted octanol–water partition coefficient (Wildman–Crippen LogP) is 3.20. The van der Waals surface area contributed by atoms with Gasteiger partial charge in [0.2, 0.25) is 4.80 Å². The van der Waals surface area contributed by atoms with Gasteiger partial charge in [0, 0.05) is 19.0 Å². The summed E-state index contributed by atoms with van der Waals surface area (Å²) in [6.07, 6.45) is 2.31. The van der Waals surface area contributed by atoms with Crippen molar-refractivity contribution in [3.05, 3.63) is 34.6 Å². The predicted molar refractivity (Wildman–Crippen MR) is 84.0 cm³/mol. The van der Waals surface area contributed by atoms with Crippen LogP contribution >= 0.6 is 11.3 Å². The van der Waals surface area contributed by atoms with E-state index in [9.17, 15) is 4.39 Å². The van der Waals surface area contributed by atoms with Gasteiger partial charge in [0.05, 0.1) is 17.7 Å². The minimum atomic E-state index is -0.723. The molecule has 0 N–H and O–H groups in total. The van der Waals surface area contributed by atoms with E-state index in [2.05, 4.69) is 16.2 Å². The van der Waals surface area contributed by atoms with E-state index in [1.54, 1.807) is 16.8 Å². The fourth-order valence-electron chi connectivity index (χ4n) is 2.65. The van der Waals surface area contributed by atoms with Crippen molar-refractivity contribution in [2.24, 2.45) is 12.0 Å². The number of halogens is 1. The molecule has 1 fully saturated rings. The summed E-state index contributed by atoms with van der Waals surface area (Å²) in [4.78, 5) is 5.49. The van der Waals surface area contributed by atoms with Crippen LogP contribution in [0.1, 0.15) is 31.2 Å². The molecule has 1 aromatic carbocycles. The van der Waals surface area contributed by atoms with E-state index < -0.39 is 6.17 Å². The lowest BCUT2D eigenvalue weighted by Gasteiger charge is -2.20. The van der Waals surface area contributed by atoms with Gasteiger partial charge in [0.1, 0.15) is 11.2 Å². The molecule has 2 atom stereocenters. The summed E-state index contributed by atoms with van der Waals surface area (Å²) >= 11 is 1.50. The number of rotatable bonds is 2. The first-order chi connectivity index (χ1) is 10.7. The van der Waals surface area contributed by atoms with Crippen LogP contribution in [-0.4, -0.2) is 22.0 Å². The van der Waals surface area contributed by atoms with Gasteiger partial charge in [-0.3, -0.25) is 4.99 Å². The zero-order valence-corrected chi connectivity index (χ0v) is 13.2. The van der Waals surface area contributed by atoms with Gasteiger partial charge in [-0.25, -0.2) is 9.07 Å². The summed E-state index contributed by atoms with van der Waals surface area (Å²) in [5, 5.41) is 14.2. The molecule has 0 spiro atoms. The van der Waals surface area contributed by atoms with Crippen LogP contribution in [0.3, 0.4) is 0 Å². The first kappa shape index (κ1) is 14.9. The summed E-state index contributed by atoms with van der Waals surface area (Å²) < 4.78 is 15.2. The molecule has 3 rings (SSSR count). The number of hydrogen-bond donors (Lipinski definition) is 0. The smallest absolute Gasteiger partial charge is 0.203 e. The summed E-state index contributed by atoms with van der Waals surface area (Å²) in [5.41, 5.74) is 1.60. The lowest BCUT2D eigenvalue weighted by Crippen LogP contribution is -2.23. The number of aromatic nitrogens is 2. The molecule has 0 bridgehead atoms. The molecule has 6 heteroatoms. The average molecular weight is 316 g/mol. The maximum Gasteiger partial charge on any atom is 0.203 e. The Bertz CT molecular complexity index is 754. The lowest BCUT2D eigenvalue weighted by molar-refractivity contribution is 0.231. The van der Waals surface area contributed by atoms with E-state index in [4.69, 9.17) is 5.26 Å². The van der Waals surface area contributed by atoms with E-state index in [1.165, 1.54) is 11.3 Å². The zero-order valence-electron chi connectivity index (χ0n) is 12.4. The molecule has 0 aliphatic heterocycles. The van der Waals surface area contributed by atoms with Crippen molar-refractivity contribution in [2.75, 3.05) is 0 Å². The van der Waals surface area contributed by atoms with Crippen LogP contribution in [0.4, 0.5) is 4.39 Å². The van der Waals surface area contributed by atoms with Crippen molar-refractivity contribution in [3.8, 4) is 16.6 Å². The molecule has 1 aromatic heterocycles. The number of alkyl halides is 1. The summed E-state index contributed by atoms with van der Waals surface area (Å²) in [6.45, 7) is 0. The fraction of sp³-hybridized carbons (Fsp3) is 0.438. The van der Waals surface area contributed by atoms with Gasteiger partial charge in [-0.1, -0.05) is 23.5 Å². The Labute approximate surface area is 132 Å². The highest BCUT2D eigenvalue weighted by Crippen LogP contribution is 2.24. The number of aryl methyl sites for hydroxylation is 1. The van der Waals surface area contributed by atoms with Crippen LogP contribution in [-0.2, 0) is 7.05 Å². The average Bonchev–Trinajstić information content (AvgIpc) is 2.88. The standard InChI is InChI=1S/C16H17FN4S/c1-21-16(19-14-4-2-3-13(17)9-14)22-15(20-21)12-7-5-11(10-18)6-8-12/h5-8,13-14H,2-4,9H2,1H3/t13-,14-/m1/s1. The molecule has 1 aliphatic rings. The Morgan fingerprint density at radius 3 is 2.82 bits per heavy atom. The molecule has 2 aromatic rings. The summed E-state index contributed by atoms with van der Waals surface area (Å²) in [5.74, 6) is 0. The van der Waals surface area contributed by atoms with Crippen LogP contribution in [0.5, 0.6) is 0 Å². The van der Waals surface area contributed by atoms with Gasteiger partial charge >= 0.3 is 0 Å². The highest BCUT2D eigenvalue weighted by Gasteiger charge is 2.21. The molecule has 1 aliphatic carbocycles. The SMILES string of the molecule is Cn1nc(-c2ccc(C#N)cc2)sc1=N[C@@H]1CCC[C@@H](F)C1. The molecule has 0 radical (unpaired) electrons. The number of hydrogen-bond acceptors (Lipinski definition) is 4. The van der Waals surface area contributed by atoms with Gasteiger partial charge in [0.15, 0.2) is 0 Å². The quantitative estimate of drug-likeness (QED) is 0.854. The Morgan fingerprint density at radius 1 is 1.36 bits per heavy atom. The third kappa shape index (κ3) is 3.25. The third-order valence-electron chi connectivity index (χ3n) is 3.84. The Kier molecular flexibility index (Phi) is 4.34. The van der Waals surface area contributed by atoms with Crippen LogP contribution < -0.4 is 4.80 Å². The van der Waals surface area contributed by atoms with Crippen molar-refractivity contribution in [2.45, 2.75) is 37.9 Å². The molecule has 0 unspecified atom stereocenters.